The first kappa shape index (κ1) is 16.0. The van der Waals surface area contributed by atoms with Crippen LogP contribution in [0.15, 0.2) is 23.2 Å². The van der Waals surface area contributed by atoms with Gasteiger partial charge in [0.25, 0.3) is 10.0 Å². The Kier molecular flexibility index (Phi) is 4.38. The Morgan fingerprint density at radius 3 is 2.71 bits per heavy atom. The quantitative estimate of drug-likeness (QED) is 0.567. The molecule has 4 N–H and O–H groups in total. The molecular weight excluding hydrogens is 362 g/mol. The van der Waals surface area contributed by atoms with Crippen LogP contribution in [0.5, 0.6) is 0 Å². The molecule has 0 amide bonds. The molecule has 1 heterocycles. The molecule has 21 heavy (non-hydrogen) atoms. The number of aromatic nitrogens is 2. The van der Waals surface area contributed by atoms with Gasteiger partial charge in [-0.25, -0.2) is 12.8 Å². The minimum atomic E-state index is -4.18. The fourth-order valence-corrected chi connectivity index (χ4v) is 3.39. The number of hydrogen-bond acceptors (Lipinski definition) is 4. The molecule has 0 aliphatic rings. The summed E-state index contributed by atoms with van der Waals surface area (Å²) in [6.45, 7) is 0. The van der Waals surface area contributed by atoms with Crippen LogP contribution in [0.2, 0.25) is 10.0 Å². The number of nitrogens with one attached hydrogen (secondary N) is 2. The number of benzene rings is 1. The molecule has 0 fully saturated rings. The molecule has 0 saturated carbocycles. The first-order valence-corrected chi connectivity index (χ1v) is 7.88. The maximum absolute atomic E-state index is 13.6. The van der Waals surface area contributed by atoms with E-state index in [4.69, 9.17) is 41.2 Å². The molecule has 0 aliphatic heterocycles. The second-order valence-electron chi connectivity index (χ2n) is 3.80. The lowest BCUT2D eigenvalue weighted by Crippen LogP contribution is -2.18. The Hall–Kier alpha value is -1.42. The van der Waals surface area contributed by atoms with E-state index in [2.05, 4.69) is 14.9 Å². The summed E-state index contributed by atoms with van der Waals surface area (Å²) in [5.41, 5.74) is 5.62. The summed E-state index contributed by atoms with van der Waals surface area (Å²) in [6.07, 6.45) is 1.25. The van der Waals surface area contributed by atoms with Crippen LogP contribution in [-0.2, 0) is 10.0 Å². The molecule has 0 bridgehead atoms. The maximum atomic E-state index is 13.6. The second-order valence-corrected chi connectivity index (χ2v) is 6.68. The van der Waals surface area contributed by atoms with Crippen LogP contribution >= 0.6 is 35.4 Å². The minimum absolute atomic E-state index is 0.0473. The number of sulfonamides is 1. The van der Waals surface area contributed by atoms with Gasteiger partial charge in [0.15, 0.2) is 5.82 Å². The number of thiocarbonyl (C=S) groups is 1. The van der Waals surface area contributed by atoms with E-state index in [0.717, 1.165) is 12.1 Å². The zero-order chi connectivity index (χ0) is 15.8. The highest BCUT2D eigenvalue weighted by Gasteiger charge is 2.24. The van der Waals surface area contributed by atoms with Crippen LogP contribution < -0.4 is 10.5 Å². The van der Waals surface area contributed by atoms with E-state index in [-0.39, 0.29) is 21.4 Å². The van der Waals surface area contributed by atoms with Crippen molar-refractivity contribution < 1.29 is 12.8 Å². The summed E-state index contributed by atoms with van der Waals surface area (Å²) in [7, 11) is -4.18. The van der Waals surface area contributed by atoms with E-state index >= 15 is 0 Å². The lowest BCUT2D eigenvalue weighted by atomic mass is 10.3. The molecule has 1 aromatic carbocycles. The van der Waals surface area contributed by atoms with Crippen molar-refractivity contribution in [3.8, 4) is 0 Å². The highest BCUT2D eigenvalue weighted by atomic mass is 35.5. The topological polar surface area (TPSA) is 101 Å². The first-order chi connectivity index (χ1) is 9.74. The molecule has 112 valence electrons. The Balaban J connectivity index is 2.46. The van der Waals surface area contributed by atoms with Gasteiger partial charge in [-0.1, -0.05) is 35.4 Å². The maximum Gasteiger partial charge on any atom is 0.264 e. The van der Waals surface area contributed by atoms with Gasteiger partial charge >= 0.3 is 0 Å². The fraction of sp³-hybridized carbons (Fsp3) is 0. The van der Waals surface area contributed by atoms with E-state index in [9.17, 15) is 12.8 Å². The van der Waals surface area contributed by atoms with Gasteiger partial charge in [-0.2, -0.15) is 5.10 Å². The van der Waals surface area contributed by atoms with Gasteiger partial charge < -0.3 is 5.73 Å². The predicted octanol–water partition coefficient (Wildman–Crippen LogP) is 2.29. The average molecular weight is 369 g/mol. The van der Waals surface area contributed by atoms with E-state index < -0.39 is 25.8 Å². The van der Waals surface area contributed by atoms with Gasteiger partial charge in [0, 0.05) is 0 Å². The van der Waals surface area contributed by atoms with E-state index in [1.54, 1.807) is 0 Å². The number of anilines is 1. The van der Waals surface area contributed by atoms with Gasteiger partial charge in [-0.15, -0.1) is 0 Å². The van der Waals surface area contributed by atoms with Crippen LogP contribution in [-0.4, -0.2) is 23.6 Å². The molecule has 11 heteroatoms. The van der Waals surface area contributed by atoms with Crippen molar-refractivity contribution in [1.29, 1.82) is 0 Å². The van der Waals surface area contributed by atoms with Gasteiger partial charge in [-0.05, 0) is 12.1 Å². The number of aromatic amines is 1. The summed E-state index contributed by atoms with van der Waals surface area (Å²) in [6, 6.07) is 2.16. The zero-order valence-corrected chi connectivity index (χ0v) is 13.2. The molecule has 0 unspecified atom stereocenters. The number of nitrogens with two attached hydrogens (primary N) is 1. The molecule has 0 atom stereocenters. The summed E-state index contributed by atoms with van der Waals surface area (Å²) in [5, 5.41) is 5.11. The molecular formula is C10H7Cl2FN4O2S2. The number of nitrogens with zero attached hydrogens (tertiary/aromatic N) is 1. The van der Waals surface area contributed by atoms with Gasteiger partial charge in [0.05, 0.1) is 21.8 Å². The molecule has 0 aliphatic carbocycles. The summed E-state index contributed by atoms with van der Waals surface area (Å²) < 4.78 is 40.2. The number of halogens is 3. The van der Waals surface area contributed by atoms with Crippen molar-refractivity contribution in [3.63, 3.8) is 0 Å². The highest BCUT2D eigenvalue weighted by Crippen LogP contribution is 2.30. The van der Waals surface area contributed by atoms with E-state index in [0.29, 0.717) is 0 Å². The van der Waals surface area contributed by atoms with E-state index in [1.165, 1.54) is 6.20 Å². The minimum Gasteiger partial charge on any atom is -0.389 e. The second kappa shape index (κ2) is 5.76. The molecule has 0 radical (unpaired) electrons. The third kappa shape index (κ3) is 3.10. The van der Waals surface area contributed by atoms with Gasteiger partial charge in [0.1, 0.15) is 15.7 Å². The molecule has 2 aromatic rings. The number of H-pyrrole nitrogens is 1. The summed E-state index contributed by atoms with van der Waals surface area (Å²) in [4.78, 5) is -0.538. The SMILES string of the molecule is NC(=S)c1cn[nH]c1NS(=O)(=O)c1ccc(Cl)c(F)c1Cl. The van der Waals surface area contributed by atoms with Gasteiger partial charge in [0.2, 0.25) is 0 Å². The van der Waals surface area contributed by atoms with Crippen LogP contribution in [0.1, 0.15) is 5.56 Å². The van der Waals surface area contributed by atoms with Crippen LogP contribution in [0.4, 0.5) is 10.2 Å². The molecule has 2 rings (SSSR count). The Morgan fingerprint density at radius 1 is 1.43 bits per heavy atom. The Labute approximate surface area is 134 Å². The lowest BCUT2D eigenvalue weighted by molar-refractivity contribution is 0.595. The normalized spacial score (nSPS) is 11.4. The van der Waals surface area contributed by atoms with Crippen molar-refractivity contribution >= 4 is 56.2 Å². The molecule has 0 saturated heterocycles. The van der Waals surface area contributed by atoms with Crippen LogP contribution in [0.25, 0.3) is 0 Å². The summed E-state index contributed by atoms with van der Waals surface area (Å²) in [5.74, 6) is -1.07. The summed E-state index contributed by atoms with van der Waals surface area (Å²) >= 11 is 15.9. The number of hydrogen-bond donors (Lipinski definition) is 3. The third-order valence-electron chi connectivity index (χ3n) is 2.43. The van der Waals surface area contributed by atoms with Crippen LogP contribution in [0.3, 0.4) is 0 Å². The predicted molar refractivity (Wildman–Crippen MR) is 81.7 cm³/mol. The Bertz CT molecular complexity index is 822. The van der Waals surface area contributed by atoms with Crippen LogP contribution in [0, 0.1) is 5.82 Å². The zero-order valence-electron chi connectivity index (χ0n) is 10.0. The standard InChI is InChI=1S/C10H7Cl2FN4O2S2/c11-5-1-2-6(7(12)8(5)13)21(18,19)17-10-4(9(14)20)3-15-16-10/h1-3H,(H2,14,20)(H2,15,16,17). The number of rotatable bonds is 4. The van der Waals surface area contributed by atoms with Gasteiger partial charge in [-0.3, -0.25) is 9.82 Å². The van der Waals surface area contributed by atoms with Crippen molar-refractivity contribution in [2.45, 2.75) is 4.90 Å². The largest absolute Gasteiger partial charge is 0.389 e. The van der Waals surface area contributed by atoms with E-state index in [1.807, 2.05) is 0 Å². The molecule has 0 spiro atoms. The lowest BCUT2D eigenvalue weighted by Gasteiger charge is -2.10. The third-order valence-corrected chi connectivity index (χ3v) is 4.82. The fourth-order valence-electron chi connectivity index (χ4n) is 1.46. The van der Waals surface area contributed by atoms with Crippen molar-refractivity contribution in [1.82, 2.24) is 10.2 Å². The average Bonchev–Trinajstić information content (AvgIpc) is 2.83. The highest BCUT2D eigenvalue weighted by molar-refractivity contribution is 7.92. The smallest absolute Gasteiger partial charge is 0.264 e. The first-order valence-electron chi connectivity index (χ1n) is 5.23. The Morgan fingerprint density at radius 2 is 2.10 bits per heavy atom. The molecule has 1 aromatic heterocycles. The van der Waals surface area contributed by atoms with Crippen molar-refractivity contribution in [2.75, 3.05) is 4.72 Å². The van der Waals surface area contributed by atoms with Crippen molar-refractivity contribution in [2.24, 2.45) is 5.73 Å². The van der Waals surface area contributed by atoms with Crippen molar-refractivity contribution in [3.05, 3.63) is 39.8 Å². The molecule has 6 nitrogen and oxygen atoms in total. The monoisotopic (exact) mass is 368 g/mol.